The van der Waals surface area contributed by atoms with Gasteiger partial charge in [-0.2, -0.15) is 23.1 Å². The number of amides is 2. The molecule has 1 fully saturated rings. The largest absolute Gasteiger partial charge is 0.467 e. The van der Waals surface area contributed by atoms with E-state index in [1.54, 1.807) is 0 Å². The topological polar surface area (TPSA) is 137 Å². The number of hydrogen-bond acceptors (Lipinski definition) is 9. The molecule has 40 heavy (non-hydrogen) atoms. The lowest BCUT2D eigenvalue weighted by molar-refractivity contribution is -0.137. The number of halogens is 5. The second kappa shape index (κ2) is 11.9. The summed E-state index contributed by atoms with van der Waals surface area (Å²) in [6.07, 6.45) is -2.04. The van der Waals surface area contributed by atoms with Gasteiger partial charge in [0.1, 0.15) is 11.4 Å². The van der Waals surface area contributed by atoms with Gasteiger partial charge in [0.15, 0.2) is 5.75 Å². The maximum Gasteiger partial charge on any atom is 0.418 e. The number of rotatable bonds is 8. The molecule has 2 aromatic heterocycles. The fourth-order valence-corrected chi connectivity index (χ4v) is 3.95. The fraction of sp³-hybridized carbons (Fsp3) is 0.292. The molecule has 0 aliphatic carbocycles. The number of pyridine rings is 1. The zero-order valence-corrected chi connectivity index (χ0v) is 21.4. The minimum absolute atomic E-state index is 0.00944. The van der Waals surface area contributed by atoms with Crippen LogP contribution in [0.5, 0.6) is 11.8 Å². The maximum absolute atomic E-state index is 14.2. The summed E-state index contributed by atoms with van der Waals surface area (Å²) >= 11 is 6.23. The van der Waals surface area contributed by atoms with Crippen LogP contribution in [-0.4, -0.2) is 52.8 Å². The molecule has 0 radical (unpaired) electrons. The summed E-state index contributed by atoms with van der Waals surface area (Å²) in [5.41, 5.74) is -3.29. The van der Waals surface area contributed by atoms with Gasteiger partial charge in [-0.25, -0.2) is 9.18 Å². The van der Waals surface area contributed by atoms with E-state index in [2.05, 4.69) is 30.9 Å². The fourth-order valence-electron chi connectivity index (χ4n) is 3.72. The number of methoxy groups -OCH3 is 1. The Morgan fingerprint density at radius 1 is 1.18 bits per heavy atom. The van der Waals surface area contributed by atoms with Gasteiger partial charge in [0.25, 0.3) is 0 Å². The molecule has 3 aromatic rings. The number of benzene rings is 1. The van der Waals surface area contributed by atoms with Crippen LogP contribution in [0.2, 0.25) is 5.02 Å². The number of ether oxygens (including phenoxy) is 3. The van der Waals surface area contributed by atoms with Crippen LogP contribution in [-0.2, 0) is 22.3 Å². The molecule has 1 saturated heterocycles. The summed E-state index contributed by atoms with van der Waals surface area (Å²) in [7, 11) is 1.37. The van der Waals surface area contributed by atoms with Gasteiger partial charge in [-0.15, -0.1) is 0 Å². The van der Waals surface area contributed by atoms with Crippen molar-refractivity contribution in [1.29, 1.82) is 0 Å². The molecule has 4 rings (SSSR count). The third-order valence-corrected chi connectivity index (χ3v) is 6.04. The van der Waals surface area contributed by atoms with E-state index in [-0.39, 0.29) is 54.3 Å². The number of aromatic nitrogens is 3. The van der Waals surface area contributed by atoms with E-state index >= 15 is 0 Å². The van der Waals surface area contributed by atoms with Crippen molar-refractivity contribution in [1.82, 2.24) is 25.6 Å². The van der Waals surface area contributed by atoms with Crippen LogP contribution in [0.4, 0.5) is 33.7 Å². The number of carbonyl (C=O) groups is 2. The average molecular weight is 585 g/mol. The van der Waals surface area contributed by atoms with Crippen LogP contribution in [0.25, 0.3) is 0 Å². The molecule has 11 nitrogen and oxygen atoms in total. The van der Waals surface area contributed by atoms with Crippen LogP contribution in [0.15, 0.2) is 42.9 Å². The van der Waals surface area contributed by atoms with Crippen molar-refractivity contribution in [2.45, 2.75) is 24.7 Å². The van der Waals surface area contributed by atoms with Gasteiger partial charge in [0, 0.05) is 13.0 Å². The molecule has 212 valence electrons. The molecule has 3 heterocycles. The Labute approximate surface area is 229 Å². The first kappa shape index (κ1) is 28.8. The molecular weight excluding hydrogens is 564 g/mol. The van der Waals surface area contributed by atoms with E-state index in [4.69, 9.17) is 25.8 Å². The van der Waals surface area contributed by atoms with E-state index in [9.17, 15) is 27.2 Å². The molecule has 0 bridgehead atoms. The van der Waals surface area contributed by atoms with Crippen molar-refractivity contribution >= 4 is 35.0 Å². The number of alkyl halides is 3. The highest BCUT2D eigenvalue weighted by Crippen LogP contribution is 2.37. The van der Waals surface area contributed by atoms with Crippen LogP contribution in [0.3, 0.4) is 0 Å². The lowest BCUT2D eigenvalue weighted by Gasteiger charge is -2.27. The lowest BCUT2D eigenvalue weighted by Crippen LogP contribution is -2.59. The first-order valence-corrected chi connectivity index (χ1v) is 11.9. The molecule has 1 aliphatic rings. The van der Waals surface area contributed by atoms with E-state index in [1.165, 1.54) is 25.6 Å². The maximum atomic E-state index is 14.2. The highest BCUT2D eigenvalue weighted by Gasteiger charge is 2.44. The third kappa shape index (κ3) is 6.66. The first-order valence-electron chi connectivity index (χ1n) is 11.5. The number of nitrogens with one attached hydrogen (secondary N) is 3. The zero-order valence-electron chi connectivity index (χ0n) is 20.6. The van der Waals surface area contributed by atoms with Crippen LogP contribution in [0.1, 0.15) is 17.7 Å². The predicted octanol–water partition coefficient (Wildman–Crippen LogP) is 4.00. The van der Waals surface area contributed by atoms with Crippen molar-refractivity contribution in [3.8, 4) is 11.8 Å². The van der Waals surface area contributed by atoms with Gasteiger partial charge >= 0.3 is 18.3 Å². The second-order valence-electron chi connectivity index (χ2n) is 8.43. The van der Waals surface area contributed by atoms with E-state index in [0.29, 0.717) is 0 Å². The second-order valence-corrected chi connectivity index (χ2v) is 8.83. The summed E-state index contributed by atoms with van der Waals surface area (Å²) in [4.78, 5) is 37.2. The molecule has 1 aliphatic heterocycles. The predicted molar refractivity (Wildman–Crippen MR) is 132 cm³/mol. The van der Waals surface area contributed by atoms with E-state index in [0.717, 1.165) is 24.4 Å². The monoisotopic (exact) mass is 584 g/mol. The SMILES string of the molecule is COc1ncc(OC(=O)N[C@@]2(C(=O)NCc3ncc(Nc4c(F)cccc4C(F)(F)F)cc3Cl)CCOC2)cn1. The number of para-hydroxylation sites is 1. The Morgan fingerprint density at radius 3 is 2.55 bits per heavy atom. The lowest BCUT2D eigenvalue weighted by atomic mass is 9.97. The van der Waals surface area contributed by atoms with E-state index < -0.39 is 40.8 Å². The van der Waals surface area contributed by atoms with Crippen molar-refractivity contribution in [2.24, 2.45) is 0 Å². The Morgan fingerprint density at radius 2 is 1.93 bits per heavy atom. The number of anilines is 2. The third-order valence-electron chi connectivity index (χ3n) is 5.72. The summed E-state index contributed by atoms with van der Waals surface area (Å²) < 4.78 is 69.3. The Hall–Kier alpha value is -4.24. The Balaban J connectivity index is 1.40. The molecule has 3 N–H and O–H groups in total. The van der Waals surface area contributed by atoms with Crippen molar-refractivity contribution < 1.29 is 41.4 Å². The zero-order chi connectivity index (χ0) is 28.9. The molecule has 0 saturated carbocycles. The van der Waals surface area contributed by atoms with Crippen LogP contribution < -0.4 is 25.4 Å². The molecule has 1 atom stereocenters. The van der Waals surface area contributed by atoms with Crippen LogP contribution >= 0.6 is 11.6 Å². The number of carbonyl (C=O) groups excluding carboxylic acids is 2. The standard InChI is InChI=1S/C24H21ClF4N6O5/c1-38-21-32-9-14(10-33-21)40-22(37)35-23(5-6-39-12-23)20(36)31-11-18-16(25)7-13(8-30-18)34-19-15(24(27,28)29)3-2-4-17(19)26/h2-4,7-10,34H,5-6,11-12H2,1H3,(H,31,36)(H,35,37)/t23-/m0/s1. The van der Waals surface area contributed by atoms with Crippen molar-refractivity contribution in [3.05, 3.63) is 65.0 Å². The highest BCUT2D eigenvalue weighted by molar-refractivity contribution is 6.31. The van der Waals surface area contributed by atoms with Gasteiger partial charge in [-0.05, 0) is 18.2 Å². The highest BCUT2D eigenvalue weighted by atomic mass is 35.5. The van der Waals surface area contributed by atoms with E-state index in [1.807, 2.05) is 0 Å². The normalized spacial score (nSPS) is 16.8. The average Bonchev–Trinajstić information content (AvgIpc) is 3.38. The number of hydrogen-bond donors (Lipinski definition) is 3. The van der Waals surface area contributed by atoms with Gasteiger partial charge in [-0.3, -0.25) is 9.78 Å². The molecule has 16 heteroatoms. The van der Waals surface area contributed by atoms with Crippen molar-refractivity contribution in [3.63, 3.8) is 0 Å². The summed E-state index contributed by atoms with van der Waals surface area (Å²) in [6.45, 7) is -0.147. The Bertz CT molecular complexity index is 1390. The molecule has 2 amide bonds. The first-order chi connectivity index (χ1) is 19.0. The minimum atomic E-state index is -4.80. The van der Waals surface area contributed by atoms with Gasteiger partial charge < -0.3 is 30.2 Å². The smallest absolute Gasteiger partial charge is 0.418 e. The van der Waals surface area contributed by atoms with Gasteiger partial charge in [-0.1, -0.05) is 17.7 Å². The number of nitrogens with zero attached hydrogens (tertiary/aromatic N) is 3. The van der Waals surface area contributed by atoms with Crippen molar-refractivity contribution in [2.75, 3.05) is 25.6 Å². The van der Waals surface area contributed by atoms with Gasteiger partial charge in [0.05, 0.1) is 66.5 Å². The summed E-state index contributed by atoms with van der Waals surface area (Å²) in [5, 5.41) is 7.45. The summed E-state index contributed by atoms with van der Waals surface area (Å²) in [5.74, 6) is -1.72. The van der Waals surface area contributed by atoms with Crippen LogP contribution in [0, 0.1) is 5.82 Å². The molecular formula is C24H21ClF4N6O5. The summed E-state index contributed by atoms with van der Waals surface area (Å²) in [6, 6.07) is 3.88. The minimum Gasteiger partial charge on any atom is -0.467 e. The molecule has 1 aromatic carbocycles. The van der Waals surface area contributed by atoms with Gasteiger partial charge in [0.2, 0.25) is 5.91 Å². The quantitative estimate of drug-likeness (QED) is 0.336. The molecule has 0 spiro atoms. The Kier molecular flexibility index (Phi) is 8.54. The molecule has 0 unspecified atom stereocenters.